The maximum Gasteiger partial charge on any atom is 0.346 e. The van der Waals surface area contributed by atoms with Crippen LogP contribution in [0.4, 0.5) is 0 Å². The van der Waals surface area contributed by atoms with Crippen LogP contribution in [0.3, 0.4) is 0 Å². The van der Waals surface area contributed by atoms with Crippen LogP contribution in [-0.2, 0) is 23.9 Å². The molecule has 0 unspecified atom stereocenters. The quantitative estimate of drug-likeness (QED) is 0.371. The van der Waals surface area contributed by atoms with Gasteiger partial charge in [0.25, 0.3) is 0 Å². The second kappa shape index (κ2) is 8.32. The van der Waals surface area contributed by atoms with Crippen LogP contribution in [-0.4, -0.2) is 35.0 Å². The molecule has 1 saturated heterocycles. The predicted octanol–water partition coefficient (Wildman–Crippen LogP) is 4.75. The van der Waals surface area contributed by atoms with E-state index in [-0.39, 0.29) is 29.4 Å². The van der Waals surface area contributed by atoms with Crippen molar-refractivity contribution in [1.29, 1.82) is 0 Å². The number of carbonyl (C=O) groups is 3. The second-order valence-electron chi connectivity index (χ2n) is 9.60. The molecule has 5 rings (SSSR count). The minimum absolute atomic E-state index is 0.0394. The molecule has 0 saturated carbocycles. The third-order valence-electron chi connectivity index (χ3n) is 7.27. The lowest BCUT2D eigenvalue weighted by Crippen LogP contribution is -2.53. The fourth-order valence-electron chi connectivity index (χ4n) is 5.35. The largest absolute Gasteiger partial charge is 0.488 e. The van der Waals surface area contributed by atoms with Gasteiger partial charge in [0.05, 0.1) is 11.0 Å². The molecule has 5 aliphatic rings. The molecule has 0 aromatic heterocycles. The molecular weight excluding hydrogens is 420 g/mol. The highest BCUT2D eigenvalue weighted by atomic mass is 16.6. The van der Waals surface area contributed by atoms with E-state index < -0.39 is 28.7 Å². The lowest BCUT2D eigenvalue weighted by molar-refractivity contribution is -0.162. The fourth-order valence-corrected chi connectivity index (χ4v) is 5.35. The van der Waals surface area contributed by atoms with Crippen molar-refractivity contribution < 1.29 is 29.0 Å². The van der Waals surface area contributed by atoms with Crippen molar-refractivity contribution in [2.75, 3.05) is 6.61 Å². The molecule has 6 nitrogen and oxygen atoms in total. The van der Waals surface area contributed by atoms with Gasteiger partial charge in [-0.15, -0.1) is 0 Å². The summed E-state index contributed by atoms with van der Waals surface area (Å²) in [5, 5.41) is 9.98. The Hall–Kier alpha value is -3.15. The summed E-state index contributed by atoms with van der Waals surface area (Å²) in [4.78, 5) is 39.2. The van der Waals surface area contributed by atoms with Crippen LogP contribution < -0.4 is 0 Å². The van der Waals surface area contributed by atoms with E-state index in [1.165, 1.54) is 0 Å². The van der Waals surface area contributed by atoms with Crippen LogP contribution in [0.15, 0.2) is 70.1 Å². The summed E-state index contributed by atoms with van der Waals surface area (Å²) in [6.07, 6.45) is 13.2. The number of esters is 1. The Morgan fingerprint density at radius 3 is 2.61 bits per heavy atom. The number of fused-ring (bicyclic) bond motifs is 5. The minimum Gasteiger partial charge on any atom is -0.488 e. The molecule has 1 spiro atoms. The van der Waals surface area contributed by atoms with E-state index in [0.29, 0.717) is 12.8 Å². The molecule has 3 aliphatic heterocycles. The molecular formula is C27H30O6. The maximum atomic E-state index is 14.0. The van der Waals surface area contributed by atoms with Gasteiger partial charge in [-0.25, -0.2) is 9.59 Å². The van der Waals surface area contributed by atoms with Gasteiger partial charge in [0.15, 0.2) is 5.60 Å². The van der Waals surface area contributed by atoms with Gasteiger partial charge in [0, 0.05) is 6.42 Å². The number of carbonyl (C=O) groups excluding carboxylic acids is 2. The highest BCUT2D eigenvalue weighted by Gasteiger charge is 2.64. The summed E-state index contributed by atoms with van der Waals surface area (Å²) in [6.45, 7) is 7.95. The van der Waals surface area contributed by atoms with Crippen molar-refractivity contribution in [2.45, 2.75) is 59.0 Å². The monoisotopic (exact) mass is 450 g/mol. The first kappa shape index (κ1) is 23.0. The summed E-state index contributed by atoms with van der Waals surface area (Å²) in [5.41, 5.74) is 0.233. The first-order valence-electron chi connectivity index (χ1n) is 11.4. The van der Waals surface area contributed by atoms with E-state index in [0.717, 1.165) is 29.6 Å². The third kappa shape index (κ3) is 3.81. The molecule has 0 aromatic rings. The molecule has 4 bridgehead atoms. The number of aliphatic carboxylic acids is 1. The van der Waals surface area contributed by atoms with Crippen LogP contribution in [0.5, 0.6) is 0 Å². The number of Topliss-reactive ketones (excluding diaryl/α,β-unsaturated/α-hetero) is 1. The van der Waals surface area contributed by atoms with Crippen molar-refractivity contribution in [1.82, 2.24) is 0 Å². The van der Waals surface area contributed by atoms with Gasteiger partial charge in [0.2, 0.25) is 5.78 Å². The van der Waals surface area contributed by atoms with E-state index in [4.69, 9.17) is 9.47 Å². The summed E-state index contributed by atoms with van der Waals surface area (Å²) >= 11 is 0. The van der Waals surface area contributed by atoms with Crippen molar-refractivity contribution in [2.24, 2.45) is 11.3 Å². The molecule has 6 heteroatoms. The summed E-state index contributed by atoms with van der Waals surface area (Å²) in [6, 6.07) is 0. The van der Waals surface area contributed by atoms with Gasteiger partial charge < -0.3 is 14.6 Å². The first-order chi connectivity index (χ1) is 15.6. The molecule has 2 aliphatic carbocycles. The van der Waals surface area contributed by atoms with E-state index in [1.54, 1.807) is 25.2 Å². The topological polar surface area (TPSA) is 89.9 Å². The number of ether oxygens (including phenoxy) is 2. The summed E-state index contributed by atoms with van der Waals surface area (Å²) in [7, 11) is 0. The molecule has 0 amide bonds. The number of carboxylic acid groups (broad SMARTS) is 1. The van der Waals surface area contributed by atoms with Crippen molar-refractivity contribution in [3.8, 4) is 0 Å². The zero-order valence-electron chi connectivity index (χ0n) is 19.6. The minimum atomic E-state index is -1.53. The number of allylic oxidation sites excluding steroid dienone is 4. The Morgan fingerprint density at radius 1 is 1.21 bits per heavy atom. The first-order valence-corrected chi connectivity index (χ1v) is 11.4. The van der Waals surface area contributed by atoms with Crippen LogP contribution in [0.1, 0.15) is 53.4 Å². The van der Waals surface area contributed by atoms with Gasteiger partial charge >= 0.3 is 11.9 Å². The van der Waals surface area contributed by atoms with E-state index >= 15 is 0 Å². The van der Waals surface area contributed by atoms with Gasteiger partial charge in [-0.05, 0) is 63.7 Å². The van der Waals surface area contributed by atoms with Crippen LogP contribution in [0.25, 0.3) is 0 Å². The van der Waals surface area contributed by atoms with Gasteiger partial charge in [0.1, 0.15) is 17.9 Å². The number of hydrogen-bond donors (Lipinski definition) is 1. The van der Waals surface area contributed by atoms with Gasteiger partial charge in [-0.2, -0.15) is 0 Å². The highest BCUT2D eigenvalue weighted by Crippen LogP contribution is 2.54. The Morgan fingerprint density at radius 2 is 1.97 bits per heavy atom. The van der Waals surface area contributed by atoms with E-state index in [2.05, 4.69) is 0 Å². The molecule has 1 fully saturated rings. The maximum absolute atomic E-state index is 14.0. The fraction of sp³-hybridized carbons (Fsp3) is 0.444. The van der Waals surface area contributed by atoms with E-state index in [1.807, 2.05) is 39.0 Å². The number of carboxylic acids is 1. The zero-order chi connectivity index (χ0) is 24.0. The number of rotatable bonds is 2. The smallest absolute Gasteiger partial charge is 0.346 e. The van der Waals surface area contributed by atoms with E-state index in [9.17, 15) is 19.5 Å². The Kier molecular flexibility index (Phi) is 5.81. The molecule has 174 valence electrons. The molecule has 0 radical (unpaired) electrons. The van der Waals surface area contributed by atoms with Crippen molar-refractivity contribution >= 4 is 17.7 Å². The Balaban J connectivity index is 2.01. The molecule has 3 heterocycles. The van der Waals surface area contributed by atoms with Gasteiger partial charge in [-0.1, -0.05) is 42.4 Å². The van der Waals surface area contributed by atoms with Crippen LogP contribution >= 0.6 is 0 Å². The number of hydrogen-bond acceptors (Lipinski definition) is 5. The normalized spacial score (nSPS) is 31.9. The predicted molar refractivity (Wildman–Crippen MR) is 123 cm³/mol. The molecule has 1 N–H and O–H groups in total. The summed E-state index contributed by atoms with van der Waals surface area (Å²) < 4.78 is 11.8. The molecule has 3 atom stereocenters. The Bertz CT molecular complexity index is 1110. The highest BCUT2D eigenvalue weighted by molar-refractivity contribution is 6.26. The molecule has 33 heavy (non-hydrogen) atoms. The summed E-state index contributed by atoms with van der Waals surface area (Å²) in [5.74, 6) is -1.99. The zero-order valence-corrected chi connectivity index (χ0v) is 19.6. The average molecular weight is 451 g/mol. The molecule has 0 aromatic carbocycles. The van der Waals surface area contributed by atoms with Crippen LogP contribution in [0, 0.1) is 11.3 Å². The van der Waals surface area contributed by atoms with Crippen molar-refractivity contribution in [3.05, 3.63) is 70.1 Å². The van der Waals surface area contributed by atoms with Crippen LogP contribution in [0.2, 0.25) is 0 Å². The van der Waals surface area contributed by atoms with Gasteiger partial charge in [-0.3, -0.25) is 4.79 Å². The second-order valence-corrected chi connectivity index (χ2v) is 9.60. The lowest BCUT2D eigenvalue weighted by atomic mass is 9.60. The lowest BCUT2D eigenvalue weighted by Gasteiger charge is -2.46. The standard InChI is InChI=1S/C27H30O6/c1-5-19-14-27-23(28)22(25(31)33-27)21-10-9-18(15-32-21)8-6-7-16(2)11-20(24(29)30)13-26(27,4)12-17(19)3/h8-13,19H,5-7,14-15H2,1-4H3,(H,29,30)/t19-,26+,27+/m0/s1. The van der Waals surface area contributed by atoms with Crippen molar-refractivity contribution in [3.63, 3.8) is 0 Å². The number of ketones is 1. The average Bonchev–Trinajstić information content (AvgIpc) is 3.01. The Labute approximate surface area is 194 Å². The SMILES string of the molecule is CC[C@H]1C[C@]23OC(=O)C(=C4C=CC(=CCCC(C)=CC(C(=O)O)=C[C@@]2(C)C=C1C)CO4)C3=O. The third-order valence-corrected chi connectivity index (χ3v) is 7.27.